The summed E-state index contributed by atoms with van der Waals surface area (Å²) in [5.74, 6) is -0.872. The Hall–Kier alpha value is -0.950. The first-order valence-corrected chi connectivity index (χ1v) is 23.4. The van der Waals surface area contributed by atoms with Crippen LogP contribution in [0.25, 0.3) is 0 Å². The van der Waals surface area contributed by atoms with Crippen molar-refractivity contribution in [3.8, 4) is 0 Å². The van der Waals surface area contributed by atoms with Crippen LogP contribution in [-0.4, -0.2) is 41.0 Å². The molecule has 0 rings (SSSR count). The predicted octanol–water partition coefficient (Wildman–Crippen LogP) is 13.2. The Kier molecular flexibility index (Phi) is 38.0. The van der Waals surface area contributed by atoms with Gasteiger partial charge < -0.3 is 19.3 Å². The molecule has 2 N–H and O–H groups in total. The van der Waals surface area contributed by atoms with Crippen LogP contribution in [0.1, 0.15) is 239 Å². The highest BCUT2D eigenvalue weighted by molar-refractivity contribution is 7.46. The minimum absolute atomic E-state index is 0.220. The van der Waals surface area contributed by atoms with Crippen molar-refractivity contribution in [2.24, 2.45) is 0 Å². The van der Waals surface area contributed by atoms with Gasteiger partial charge in [0.1, 0.15) is 6.61 Å². The predicted molar refractivity (Wildman–Crippen MR) is 212 cm³/mol. The largest absolute Gasteiger partial charge is 0.469 e. The van der Waals surface area contributed by atoms with E-state index in [9.17, 15) is 14.2 Å². The molecule has 0 aromatic carbocycles. The Morgan fingerprint density at radius 1 is 0.431 bits per heavy atom. The van der Waals surface area contributed by atoms with Gasteiger partial charge in [-0.2, -0.15) is 0 Å². The van der Waals surface area contributed by atoms with Crippen molar-refractivity contribution in [1.29, 1.82) is 0 Å². The van der Waals surface area contributed by atoms with Crippen LogP contribution in [0.4, 0.5) is 0 Å². The lowest BCUT2D eigenvalue weighted by Crippen LogP contribution is -2.29. The van der Waals surface area contributed by atoms with Crippen LogP contribution in [0, 0.1) is 0 Å². The fraction of sp³-hybridized carbons (Fsp3) is 0.952. The van der Waals surface area contributed by atoms with Crippen LogP contribution in [-0.2, 0) is 28.2 Å². The van der Waals surface area contributed by atoms with Crippen LogP contribution >= 0.6 is 7.82 Å². The number of hydrogen-bond donors (Lipinski definition) is 2. The summed E-state index contributed by atoms with van der Waals surface area (Å²) in [4.78, 5) is 42.7. The van der Waals surface area contributed by atoms with Crippen LogP contribution in [0.15, 0.2) is 0 Å². The van der Waals surface area contributed by atoms with E-state index in [0.717, 1.165) is 32.1 Å². The third-order valence-corrected chi connectivity index (χ3v) is 10.4. The molecule has 0 radical (unpaired) electrons. The van der Waals surface area contributed by atoms with E-state index in [0.29, 0.717) is 6.42 Å². The zero-order valence-corrected chi connectivity index (χ0v) is 34.4. The monoisotopic (exact) mass is 747 g/mol. The Bertz CT molecular complexity index is 802. The molecule has 0 saturated heterocycles. The maximum absolute atomic E-state index is 12.4. The van der Waals surface area contributed by atoms with Gasteiger partial charge >= 0.3 is 19.8 Å². The van der Waals surface area contributed by atoms with E-state index >= 15 is 0 Å². The maximum atomic E-state index is 12.4. The summed E-state index contributed by atoms with van der Waals surface area (Å²) in [5, 5.41) is 0. The minimum Gasteiger partial charge on any atom is -0.462 e. The van der Waals surface area contributed by atoms with Crippen molar-refractivity contribution in [1.82, 2.24) is 0 Å². The van der Waals surface area contributed by atoms with Gasteiger partial charge in [-0.3, -0.25) is 14.1 Å². The number of unbranched alkanes of at least 4 members (excludes halogenated alkanes) is 31. The summed E-state index contributed by atoms with van der Waals surface area (Å²) in [6, 6.07) is 0. The lowest BCUT2D eigenvalue weighted by atomic mass is 10.0. The highest BCUT2D eigenvalue weighted by atomic mass is 31.2. The molecule has 304 valence electrons. The molecule has 0 aliphatic rings. The smallest absolute Gasteiger partial charge is 0.462 e. The molecule has 0 aromatic heterocycles. The highest BCUT2D eigenvalue weighted by Gasteiger charge is 2.22. The number of carbonyl (C=O) groups is 2. The summed E-state index contributed by atoms with van der Waals surface area (Å²) in [6.07, 6.45) is 41.4. The first-order chi connectivity index (χ1) is 24.8. The molecule has 1 atom stereocenters. The van der Waals surface area contributed by atoms with Crippen molar-refractivity contribution < 1.29 is 37.9 Å². The summed E-state index contributed by atoms with van der Waals surface area (Å²) in [5.41, 5.74) is 0. The molecule has 0 aliphatic carbocycles. The molecule has 0 amide bonds. The summed E-state index contributed by atoms with van der Waals surface area (Å²) in [6.45, 7) is 3.69. The zero-order chi connectivity index (χ0) is 37.5. The van der Waals surface area contributed by atoms with Gasteiger partial charge in [-0.1, -0.05) is 213 Å². The second-order valence-electron chi connectivity index (χ2n) is 15.0. The van der Waals surface area contributed by atoms with Crippen LogP contribution < -0.4 is 0 Å². The Balaban J connectivity index is 3.72. The van der Waals surface area contributed by atoms with Crippen LogP contribution in [0.3, 0.4) is 0 Å². The number of esters is 2. The number of phosphoric acid groups is 1. The number of ether oxygens (including phenoxy) is 2. The molecule has 0 aromatic rings. The van der Waals surface area contributed by atoms with E-state index < -0.39 is 32.5 Å². The molecule has 51 heavy (non-hydrogen) atoms. The van der Waals surface area contributed by atoms with Gasteiger partial charge in [0.05, 0.1) is 6.61 Å². The molecule has 9 heteroatoms. The normalized spacial score (nSPS) is 12.3. The standard InChI is InChI=1S/C42H83O8P/c1-3-5-7-9-11-13-14-15-16-17-18-19-20-21-22-23-24-25-26-27-29-31-33-35-37-42(44)50-40(39-49-51(45,46)47)38-48-41(43)36-34-32-30-28-12-10-8-6-4-2/h40H,3-39H2,1-2H3,(H2,45,46,47). The Morgan fingerprint density at radius 2 is 0.706 bits per heavy atom. The average Bonchev–Trinajstić information content (AvgIpc) is 3.10. The molecule has 0 spiro atoms. The van der Waals surface area contributed by atoms with Gasteiger partial charge in [0, 0.05) is 12.8 Å². The SMILES string of the molecule is CCCCCCCCCCCCCCCCCCCCCCCCCCC(=O)OC(COC(=O)CCCCCCCCCCC)COP(=O)(O)O. The van der Waals surface area contributed by atoms with Gasteiger partial charge in [0.2, 0.25) is 0 Å². The van der Waals surface area contributed by atoms with E-state index in [4.69, 9.17) is 19.3 Å². The van der Waals surface area contributed by atoms with Crippen molar-refractivity contribution in [3.05, 3.63) is 0 Å². The molecular weight excluding hydrogens is 663 g/mol. The summed E-state index contributed by atoms with van der Waals surface area (Å²) >= 11 is 0. The second-order valence-corrected chi connectivity index (χ2v) is 16.3. The molecule has 0 fully saturated rings. The molecule has 8 nitrogen and oxygen atoms in total. The molecule has 0 bridgehead atoms. The van der Waals surface area contributed by atoms with Crippen molar-refractivity contribution in [2.45, 2.75) is 245 Å². The van der Waals surface area contributed by atoms with Crippen LogP contribution in [0.5, 0.6) is 0 Å². The molecule has 1 unspecified atom stereocenters. The first-order valence-electron chi connectivity index (χ1n) is 21.8. The van der Waals surface area contributed by atoms with Gasteiger partial charge in [-0.05, 0) is 12.8 Å². The van der Waals surface area contributed by atoms with Crippen LogP contribution in [0.2, 0.25) is 0 Å². The first kappa shape index (κ1) is 50.1. The highest BCUT2D eigenvalue weighted by Crippen LogP contribution is 2.36. The maximum Gasteiger partial charge on any atom is 0.469 e. The molecule has 0 saturated carbocycles. The molecular formula is C42H83O8P. The molecule has 0 aliphatic heterocycles. The summed E-state index contributed by atoms with van der Waals surface area (Å²) in [7, 11) is -4.74. The van der Waals surface area contributed by atoms with E-state index in [1.807, 2.05) is 0 Å². The fourth-order valence-electron chi connectivity index (χ4n) is 6.61. The lowest BCUT2D eigenvalue weighted by Gasteiger charge is -2.18. The fourth-order valence-corrected chi connectivity index (χ4v) is 6.97. The van der Waals surface area contributed by atoms with Gasteiger partial charge in [0.15, 0.2) is 6.10 Å². The Morgan fingerprint density at radius 3 is 1.00 bits per heavy atom. The number of carbonyl (C=O) groups excluding carboxylic acids is 2. The van der Waals surface area contributed by atoms with Gasteiger partial charge in [0.25, 0.3) is 0 Å². The summed E-state index contributed by atoms with van der Waals surface area (Å²) < 4.78 is 26.3. The topological polar surface area (TPSA) is 119 Å². The number of rotatable bonds is 41. The number of hydrogen-bond acceptors (Lipinski definition) is 6. The minimum atomic E-state index is -4.74. The third kappa shape index (κ3) is 41.7. The van der Waals surface area contributed by atoms with E-state index in [1.54, 1.807) is 0 Å². The quantitative estimate of drug-likeness (QED) is 0.0360. The van der Waals surface area contributed by atoms with Crippen molar-refractivity contribution in [3.63, 3.8) is 0 Å². The third-order valence-electron chi connectivity index (χ3n) is 9.88. The lowest BCUT2D eigenvalue weighted by molar-refractivity contribution is -0.161. The van der Waals surface area contributed by atoms with Crippen molar-refractivity contribution >= 4 is 19.8 Å². The van der Waals surface area contributed by atoms with E-state index in [2.05, 4.69) is 18.4 Å². The zero-order valence-electron chi connectivity index (χ0n) is 33.5. The van der Waals surface area contributed by atoms with Gasteiger partial charge in [-0.15, -0.1) is 0 Å². The average molecular weight is 747 g/mol. The van der Waals surface area contributed by atoms with Crippen molar-refractivity contribution in [2.75, 3.05) is 13.2 Å². The van der Waals surface area contributed by atoms with E-state index in [-0.39, 0.29) is 19.4 Å². The van der Waals surface area contributed by atoms with Gasteiger partial charge in [-0.25, -0.2) is 4.57 Å². The number of phosphoric ester groups is 1. The van der Waals surface area contributed by atoms with E-state index in [1.165, 1.54) is 173 Å². The molecule has 0 heterocycles. The Labute approximate surface area is 315 Å². The second kappa shape index (κ2) is 38.8.